The molecule has 1 unspecified atom stereocenters. The molecule has 2 amide bonds. The first-order valence-electron chi connectivity index (χ1n) is 10.5. The molecule has 0 aromatic heterocycles. The van der Waals surface area contributed by atoms with Gasteiger partial charge in [0.2, 0.25) is 5.91 Å². The zero-order chi connectivity index (χ0) is 23.1. The Kier molecular flexibility index (Phi) is 8.22. The third kappa shape index (κ3) is 5.85. The summed E-state index contributed by atoms with van der Waals surface area (Å²) in [7, 11) is 0. The van der Waals surface area contributed by atoms with Gasteiger partial charge in [-0.1, -0.05) is 49.4 Å². The Bertz CT molecular complexity index is 1090. The van der Waals surface area contributed by atoms with Crippen molar-refractivity contribution in [2.24, 2.45) is 0 Å². The van der Waals surface area contributed by atoms with Gasteiger partial charge in [-0.25, -0.2) is 4.39 Å². The second-order valence-corrected chi connectivity index (χ2v) is 8.30. The third-order valence-electron chi connectivity index (χ3n) is 5.16. The van der Waals surface area contributed by atoms with E-state index in [0.717, 1.165) is 27.2 Å². The summed E-state index contributed by atoms with van der Waals surface area (Å²) in [5.74, 6) is -0.394. The molecule has 0 spiro atoms. The van der Waals surface area contributed by atoms with Crippen molar-refractivity contribution in [3.63, 3.8) is 0 Å². The Balaban J connectivity index is 1.77. The van der Waals surface area contributed by atoms with Gasteiger partial charge in [0.1, 0.15) is 17.6 Å². The quantitative estimate of drug-likeness (QED) is 0.446. The van der Waals surface area contributed by atoms with Crippen LogP contribution in [0, 0.1) is 5.82 Å². The van der Waals surface area contributed by atoms with Gasteiger partial charge in [0.25, 0.3) is 5.91 Å². The zero-order valence-electron chi connectivity index (χ0n) is 18.1. The van der Waals surface area contributed by atoms with Crippen molar-refractivity contribution in [3.05, 3.63) is 76.5 Å². The van der Waals surface area contributed by atoms with E-state index in [2.05, 4.69) is 21.2 Å². The predicted molar refractivity (Wildman–Crippen MR) is 127 cm³/mol. The van der Waals surface area contributed by atoms with Gasteiger partial charge < -0.3 is 15.0 Å². The molecular formula is C25H26BrFN2O3. The van der Waals surface area contributed by atoms with Crippen LogP contribution in [0.25, 0.3) is 10.8 Å². The summed E-state index contributed by atoms with van der Waals surface area (Å²) < 4.78 is 19.9. The summed E-state index contributed by atoms with van der Waals surface area (Å²) in [6, 6.07) is 16.8. The second kappa shape index (κ2) is 11.1. The molecule has 1 N–H and O–H groups in total. The molecule has 5 nitrogen and oxygen atoms in total. The van der Waals surface area contributed by atoms with Crippen molar-refractivity contribution >= 4 is 38.5 Å². The first-order chi connectivity index (χ1) is 15.4. The molecule has 0 bridgehead atoms. The summed E-state index contributed by atoms with van der Waals surface area (Å²) in [5.41, 5.74) is 0.724. The van der Waals surface area contributed by atoms with Crippen LogP contribution in [0.1, 0.15) is 25.8 Å². The van der Waals surface area contributed by atoms with Gasteiger partial charge in [-0.3, -0.25) is 9.59 Å². The molecule has 0 saturated heterocycles. The largest absolute Gasteiger partial charge is 0.483 e. The molecule has 32 heavy (non-hydrogen) atoms. The smallest absolute Gasteiger partial charge is 0.261 e. The average molecular weight is 501 g/mol. The average Bonchev–Trinajstić information content (AvgIpc) is 2.81. The van der Waals surface area contributed by atoms with E-state index in [1.54, 1.807) is 25.1 Å². The molecule has 0 aliphatic carbocycles. The summed E-state index contributed by atoms with van der Waals surface area (Å²) in [4.78, 5) is 27.1. The van der Waals surface area contributed by atoms with Crippen molar-refractivity contribution in [2.75, 3.05) is 13.2 Å². The number of carbonyl (C=O) groups is 2. The fourth-order valence-electron chi connectivity index (χ4n) is 3.31. The Hall–Kier alpha value is -2.93. The van der Waals surface area contributed by atoms with Crippen LogP contribution in [-0.4, -0.2) is 35.9 Å². The number of carbonyl (C=O) groups excluding carboxylic acids is 2. The topological polar surface area (TPSA) is 58.6 Å². The predicted octanol–water partition coefficient (Wildman–Crippen LogP) is 5.06. The lowest BCUT2D eigenvalue weighted by Crippen LogP contribution is -2.49. The Labute approximate surface area is 195 Å². The highest BCUT2D eigenvalue weighted by atomic mass is 79.9. The Morgan fingerprint density at radius 1 is 1.09 bits per heavy atom. The Morgan fingerprint density at radius 2 is 1.81 bits per heavy atom. The minimum Gasteiger partial charge on any atom is -0.483 e. The maximum atomic E-state index is 13.3. The molecule has 0 aliphatic heterocycles. The van der Waals surface area contributed by atoms with Crippen LogP contribution in [0.5, 0.6) is 5.75 Å². The summed E-state index contributed by atoms with van der Waals surface area (Å²) in [6.45, 7) is 4.11. The van der Waals surface area contributed by atoms with E-state index in [1.807, 2.05) is 37.3 Å². The second-order valence-electron chi connectivity index (χ2n) is 7.50. The standard InChI is InChI=1S/C25H26BrFN2O3/c1-3-14-28-25(31)17(2)29(15-18-8-11-20(27)12-9-18)23(30)16-32-22-13-10-19-6-4-5-7-21(19)24(22)26/h4-13,17H,3,14-16H2,1-2H3,(H,28,31). The molecule has 168 valence electrons. The number of amides is 2. The number of rotatable bonds is 9. The lowest BCUT2D eigenvalue weighted by Gasteiger charge is -2.28. The van der Waals surface area contributed by atoms with E-state index >= 15 is 0 Å². The number of hydrogen-bond donors (Lipinski definition) is 1. The number of halogens is 2. The summed E-state index contributed by atoms with van der Waals surface area (Å²) in [6.07, 6.45) is 0.795. The molecule has 3 aromatic rings. The Morgan fingerprint density at radius 3 is 2.53 bits per heavy atom. The highest BCUT2D eigenvalue weighted by molar-refractivity contribution is 9.10. The lowest BCUT2D eigenvalue weighted by atomic mass is 10.1. The van der Waals surface area contributed by atoms with E-state index in [1.165, 1.54) is 17.0 Å². The van der Waals surface area contributed by atoms with Gasteiger partial charge in [-0.15, -0.1) is 0 Å². The van der Waals surface area contributed by atoms with Gasteiger partial charge in [0, 0.05) is 13.1 Å². The fourth-order valence-corrected chi connectivity index (χ4v) is 3.92. The van der Waals surface area contributed by atoms with Crippen LogP contribution in [0.2, 0.25) is 0 Å². The van der Waals surface area contributed by atoms with Gasteiger partial charge in [-0.05, 0) is 63.8 Å². The fraction of sp³-hybridized carbons (Fsp3) is 0.280. The first-order valence-corrected chi connectivity index (χ1v) is 11.3. The van der Waals surface area contributed by atoms with E-state index in [4.69, 9.17) is 4.74 Å². The molecule has 0 heterocycles. The molecule has 0 aliphatic rings. The monoisotopic (exact) mass is 500 g/mol. The molecule has 3 aromatic carbocycles. The number of nitrogens with zero attached hydrogens (tertiary/aromatic N) is 1. The zero-order valence-corrected chi connectivity index (χ0v) is 19.7. The van der Waals surface area contributed by atoms with Crippen LogP contribution in [-0.2, 0) is 16.1 Å². The molecule has 0 saturated carbocycles. The van der Waals surface area contributed by atoms with E-state index in [9.17, 15) is 14.0 Å². The van der Waals surface area contributed by atoms with Crippen molar-refractivity contribution in [1.29, 1.82) is 0 Å². The van der Waals surface area contributed by atoms with Gasteiger partial charge in [0.15, 0.2) is 6.61 Å². The van der Waals surface area contributed by atoms with Gasteiger partial charge >= 0.3 is 0 Å². The number of nitrogens with one attached hydrogen (secondary N) is 1. The van der Waals surface area contributed by atoms with Crippen molar-refractivity contribution in [3.8, 4) is 5.75 Å². The molecular weight excluding hydrogens is 475 g/mol. The number of benzene rings is 3. The highest BCUT2D eigenvalue weighted by Crippen LogP contribution is 2.33. The van der Waals surface area contributed by atoms with Gasteiger partial charge in [0.05, 0.1) is 4.47 Å². The first kappa shape index (κ1) is 23.7. The molecule has 0 radical (unpaired) electrons. The van der Waals surface area contributed by atoms with Crippen LogP contribution < -0.4 is 10.1 Å². The lowest BCUT2D eigenvalue weighted by molar-refractivity contribution is -0.142. The van der Waals surface area contributed by atoms with Crippen molar-refractivity contribution in [2.45, 2.75) is 32.9 Å². The maximum absolute atomic E-state index is 13.3. The van der Waals surface area contributed by atoms with Crippen LogP contribution in [0.3, 0.4) is 0 Å². The molecule has 0 fully saturated rings. The SMILES string of the molecule is CCCNC(=O)C(C)N(Cc1ccc(F)cc1)C(=O)COc1ccc2ccccc2c1Br. The van der Waals surface area contributed by atoms with Gasteiger partial charge in [-0.2, -0.15) is 0 Å². The van der Waals surface area contributed by atoms with Crippen LogP contribution >= 0.6 is 15.9 Å². The molecule has 1 atom stereocenters. The minimum atomic E-state index is -0.706. The highest BCUT2D eigenvalue weighted by Gasteiger charge is 2.26. The van der Waals surface area contributed by atoms with Crippen molar-refractivity contribution in [1.82, 2.24) is 10.2 Å². The minimum absolute atomic E-state index is 0.169. The molecule has 3 rings (SSSR count). The number of ether oxygens (including phenoxy) is 1. The normalized spacial score (nSPS) is 11.8. The van der Waals surface area contributed by atoms with E-state index in [-0.39, 0.29) is 30.8 Å². The van der Waals surface area contributed by atoms with Crippen molar-refractivity contribution < 1.29 is 18.7 Å². The summed E-state index contributed by atoms with van der Waals surface area (Å²) in [5, 5.41) is 4.86. The van der Waals surface area contributed by atoms with E-state index < -0.39 is 6.04 Å². The third-order valence-corrected chi connectivity index (χ3v) is 5.98. The maximum Gasteiger partial charge on any atom is 0.261 e. The number of hydrogen-bond acceptors (Lipinski definition) is 3. The van der Waals surface area contributed by atoms with Crippen LogP contribution in [0.4, 0.5) is 4.39 Å². The number of fused-ring (bicyclic) bond motifs is 1. The van der Waals surface area contributed by atoms with Crippen LogP contribution in [0.15, 0.2) is 65.1 Å². The molecule has 7 heteroatoms. The van der Waals surface area contributed by atoms with E-state index in [0.29, 0.717) is 12.3 Å². The summed E-state index contributed by atoms with van der Waals surface area (Å²) >= 11 is 3.56.